The Morgan fingerprint density at radius 3 is 2.48 bits per heavy atom. The molecule has 1 heterocycles. The van der Waals surface area contributed by atoms with Gasteiger partial charge in [0.25, 0.3) is 0 Å². The molecule has 0 unspecified atom stereocenters. The summed E-state index contributed by atoms with van der Waals surface area (Å²) in [6.07, 6.45) is 0. The Kier molecular flexibility index (Phi) is 5.92. The molecule has 0 aliphatic carbocycles. The van der Waals surface area contributed by atoms with E-state index in [4.69, 9.17) is 9.73 Å². The molecule has 4 rings (SSSR count). The highest BCUT2D eigenvalue weighted by atomic mass is 79.9. The van der Waals surface area contributed by atoms with Crippen LogP contribution in [0.15, 0.2) is 87.6 Å². The Balaban J connectivity index is 1.84. The number of halogens is 2. The van der Waals surface area contributed by atoms with Crippen LogP contribution in [0.5, 0.6) is 5.75 Å². The zero-order chi connectivity index (χ0) is 20.2. The molecule has 3 aromatic carbocycles. The fraction of sp³-hybridized carbons (Fsp3) is 0.0870. The van der Waals surface area contributed by atoms with Gasteiger partial charge in [-0.25, -0.2) is 9.38 Å². The summed E-state index contributed by atoms with van der Waals surface area (Å²) in [5.41, 5.74) is 3.99. The van der Waals surface area contributed by atoms with E-state index in [1.807, 2.05) is 48.5 Å². The van der Waals surface area contributed by atoms with Gasteiger partial charge in [0.2, 0.25) is 0 Å². The van der Waals surface area contributed by atoms with Crippen molar-refractivity contribution in [3.8, 4) is 17.0 Å². The normalized spacial score (nSPS) is 11.6. The fourth-order valence-electron chi connectivity index (χ4n) is 3.01. The van der Waals surface area contributed by atoms with Crippen molar-refractivity contribution in [2.24, 2.45) is 4.99 Å². The highest BCUT2D eigenvalue weighted by Crippen LogP contribution is 2.31. The lowest BCUT2D eigenvalue weighted by molar-refractivity contribution is 0.412. The molecule has 0 atom stereocenters. The van der Waals surface area contributed by atoms with Gasteiger partial charge in [0, 0.05) is 10.9 Å². The topological polar surface area (TPSA) is 26.5 Å². The summed E-state index contributed by atoms with van der Waals surface area (Å²) in [4.78, 5) is 5.71. The summed E-state index contributed by atoms with van der Waals surface area (Å²) >= 11 is 5.15. The van der Waals surface area contributed by atoms with Crippen molar-refractivity contribution in [2.45, 2.75) is 6.54 Å². The predicted molar refractivity (Wildman–Crippen MR) is 119 cm³/mol. The van der Waals surface area contributed by atoms with Crippen LogP contribution in [0.2, 0.25) is 0 Å². The average molecular weight is 469 g/mol. The van der Waals surface area contributed by atoms with Crippen LogP contribution in [-0.2, 0) is 6.54 Å². The van der Waals surface area contributed by atoms with Crippen LogP contribution >= 0.6 is 27.3 Å². The molecule has 0 bridgehead atoms. The molecule has 29 heavy (non-hydrogen) atoms. The lowest BCUT2D eigenvalue weighted by atomic mass is 10.1. The van der Waals surface area contributed by atoms with Crippen molar-refractivity contribution < 1.29 is 9.13 Å². The largest absolute Gasteiger partial charge is 0.496 e. The van der Waals surface area contributed by atoms with E-state index in [2.05, 4.69) is 25.9 Å². The molecular formula is C23H18BrFN2OS. The van der Waals surface area contributed by atoms with E-state index < -0.39 is 0 Å². The zero-order valence-electron chi connectivity index (χ0n) is 15.7. The third-order valence-electron chi connectivity index (χ3n) is 4.48. The Morgan fingerprint density at radius 1 is 1.03 bits per heavy atom. The lowest BCUT2D eigenvalue weighted by Gasteiger charge is -2.11. The third kappa shape index (κ3) is 4.49. The van der Waals surface area contributed by atoms with Crippen LogP contribution in [-0.4, -0.2) is 11.7 Å². The highest BCUT2D eigenvalue weighted by Gasteiger charge is 2.11. The molecule has 0 saturated carbocycles. The van der Waals surface area contributed by atoms with Crippen LogP contribution in [0.1, 0.15) is 5.56 Å². The second-order valence-corrected chi connectivity index (χ2v) is 8.10. The Morgan fingerprint density at radius 2 is 1.79 bits per heavy atom. The third-order valence-corrected chi connectivity index (χ3v) is 5.96. The first-order chi connectivity index (χ1) is 14.1. The Hall–Kier alpha value is -2.70. The molecule has 6 heteroatoms. The van der Waals surface area contributed by atoms with E-state index in [0.717, 1.165) is 37.5 Å². The van der Waals surface area contributed by atoms with E-state index in [1.165, 1.54) is 12.1 Å². The Bertz CT molecular complexity index is 1180. The smallest absolute Gasteiger partial charge is 0.190 e. The van der Waals surface area contributed by atoms with Gasteiger partial charge in [0.15, 0.2) is 4.80 Å². The summed E-state index contributed by atoms with van der Waals surface area (Å²) in [6, 6.07) is 22.5. The van der Waals surface area contributed by atoms with Gasteiger partial charge in [-0.05, 0) is 64.0 Å². The molecule has 146 valence electrons. The minimum atomic E-state index is -0.238. The fourth-order valence-corrected chi connectivity index (χ4v) is 4.48. The van der Waals surface area contributed by atoms with Crippen molar-refractivity contribution in [2.75, 3.05) is 7.11 Å². The van der Waals surface area contributed by atoms with Gasteiger partial charge in [0.1, 0.15) is 11.6 Å². The van der Waals surface area contributed by atoms with Crippen LogP contribution in [0, 0.1) is 5.82 Å². The second-order valence-electron chi connectivity index (χ2n) is 6.41. The van der Waals surface area contributed by atoms with Crippen LogP contribution in [0.4, 0.5) is 10.1 Å². The number of rotatable bonds is 5. The Labute approximate surface area is 180 Å². The SMILES string of the molecule is COc1ccc(-c2csc(=Nc3ccccc3)n2Cc2ccc(F)cc2)cc1Br. The predicted octanol–water partition coefficient (Wildman–Crippen LogP) is 6.41. The van der Waals surface area contributed by atoms with E-state index >= 15 is 0 Å². The number of nitrogens with zero attached hydrogens (tertiary/aromatic N) is 2. The first kappa shape index (κ1) is 19.6. The molecule has 0 amide bonds. The number of ether oxygens (including phenoxy) is 1. The standard InChI is InChI=1S/C23H18BrFN2OS/c1-28-22-12-9-17(13-20(22)24)21-15-29-23(26-19-5-3-2-4-6-19)27(21)14-16-7-10-18(25)11-8-16/h2-13,15H,14H2,1H3. The van der Waals surface area contributed by atoms with Gasteiger partial charge < -0.3 is 9.30 Å². The number of benzene rings is 3. The van der Waals surface area contributed by atoms with Crippen molar-refractivity contribution in [3.05, 3.63) is 98.8 Å². The maximum Gasteiger partial charge on any atom is 0.190 e. The first-order valence-electron chi connectivity index (χ1n) is 9.00. The monoisotopic (exact) mass is 468 g/mol. The molecular weight excluding hydrogens is 451 g/mol. The van der Waals surface area contributed by atoms with Crippen molar-refractivity contribution in [1.29, 1.82) is 0 Å². The number of aromatic nitrogens is 1. The van der Waals surface area contributed by atoms with E-state index in [1.54, 1.807) is 30.6 Å². The maximum absolute atomic E-state index is 13.4. The van der Waals surface area contributed by atoms with Gasteiger partial charge in [-0.3, -0.25) is 0 Å². The molecule has 4 aromatic rings. The number of methoxy groups -OCH3 is 1. The molecule has 0 spiro atoms. The highest BCUT2D eigenvalue weighted by molar-refractivity contribution is 9.10. The number of hydrogen-bond acceptors (Lipinski definition) is 3. The zero-order valence-corrected chi connectivity index (χ0v) is 18.1. The van der Waals surface area contributed by atoms with Gasteiger partial charge in [0.05, 0.1) is 29.5 Å². The van der Waals surface area contributed by atoms with Gasteiger partial charge in [-0.1, -0.05) is 30.3 Å². The van der Waals surface area contributed by atoms with Crippen molar-refractivity contribution in [3.63, 3.8) is 0 Å². The van der Waals surface area contributed by atoms with E-state index in [0.29, 0.717) is 6.54 Å². The molecule has 0 aliphatic heterocycles. The second kappa shape index (κ2) is 8.76. The quantitative estimate of drug-likeness (QED) is 0.332. The minimum absolute atomic E-state index is 0.238. The van der Waals surface area contributed by atoms with Crippen molar-refractivity contribution in [1.82, 2.24) is 4.57 Å². The number of para-hydroxylation sites is 1. The molecule has 0 saturated heterocycles. The average Bonchev–Trinajstić information content (AvgIpc) is 3.12. The molecule has 3 nitrogen and oxygen atoms in total. The lowest BCUT2D eigenvalue weighted by Crippen LogP contribution is -2.16. The van der Waals surface area contributed by atoms with Crippen LogP contribution < -0.4 is 9.54 Å². The van der Waals surface area contributed by atoms with Gasteiger partial charge >= 0.3 is 0 Å². The van der Waals surface area contributed by atoms with Crippen LogP contribution in [0.3, 0.4) is 0 Å². The molecule has 0 N–H and O–H groups in total. The molecule has 0 radical (unpaired) electrons. The van der Waals surface area contributed by atoms with E-state index in [-0.39, 0.29) is 5.82 Å². The maximum atomic E-state index is 13.4. The minimum Gasteiger partial charge on any atom is -0.496 e. The number of thiazole rings is 1. The summed E-state index contributed by atoms with van der Waals surface area (Å²) in [7, 11) is 1.65. The van der Waals surface area contributed by atoms with Crippen LogP contribution in [0.25, 0.3) is 11.3 Å². The van der Waals surface area contributed by atoms with E-state index in [9.17, 15) is 4.39 Å². The molecule has 0 fully saturated rings. The first-order valence-corrected chi connectivity index (χ1v) is 10.7. The van der Waals surface area contributed by atoms with Gasteiger partial charge in [-0.15, -0.1) is 11.3 Å². The van der Waals surface area contributed by atoms with Gasteiger partial charge in [-0.2, -0.15) is 0 Å². The molecule has 0 aliphatic rings. The summed E-state index contributed by atoms with van der Waals surface area (Å²) < 4.78 is 21.7. The summed E-state index contributed by atoms with van der Waals surface area (Å²) in [6.45, 7) is 0.592. The van der Waals surface area contributed by atoms with Crippen molar-refractivity contribution >= 4 is 33.0 Å². The molecule has 1 aromatic heterocycles. The summed E-state index contributed by atoms with van der Waals surface area (Å²) in [5, 5.41) is 2.10. The number of hydrogen-bond donors (Lipinski definition) is 0. The summed E-state index contributed by atoms with van der Waals surface area (Å²) in [5.74, 6) is 0.542.